The molecule has 0 spiro atoms. The first kappa shape index (κ1) is 14.2. The Morgan fingerprint density at radius 3 is 2.61 bits per heavy atom. The normalized spacial score (nSPS) is 30.1. The Morgan fingerprint density at radius 2 is 2.06 bits per heavy atom. The number of hydrogen-bond donors (Lipinski definition) is 1. The lowest BCUT2D eigenvalue weighted by molar-refractivity contribution is -0.105. The lowest BCUT2D eigenvalue weighted by Crippen LogP contribution is -2.62. The zero-order chi connectivity index (χ0) is 13.4. The molecule has 2 rings (SSSR count). The monoisotopic (exact) mass is 276 g/mol. The highest BCUT2D eigenvalue weighted by Crippen LogP contribution is 2.27. The molecule has 0 aromatic heterocycles. The molecule has 5 nitrogen and oxygen atoms in total. The van der Waals surface area contributed by atoms with Gasteiger partial charge in [-0.3, -0.25) is 4.90 Å². The largest absolute Gasteiger partial charge is 0.387 e. The summed E-state index contributed by atoms with van der Waals surface area (Å²) in [5.74, 6) is 0.412. The fourth-order valence-electron chi connectivity index (χ4n) is 2.98. The number of rotatable bonds is 4. The van der Waals surface area contributed by atoms with Crippen LogP contribution in [0.15, 0.2) is 0 Å². The number of nitrogens with zero attached hydrogens (tertiary/aromatic N) is 2. The molecule has 2 aliphatic heterocycles. The van der Waals surface area contributed by atoms with Crippen LogP contribution in [-0.2, 0) is 10.0 Å². The summed E-state index contributed by atoms with van der Waals surface area (Å²) in [6.45, 7) is 5.68. The van der Waals surface area contributed by atoms with Crippen molar-refractivity contribution in [2.75, 3.05) is 39.0 Å². The lowest BCUT2D eigenvalue weighted by Gasteiger charge is -2.48. The predicted octanol–water partition coefficient (Wildman–Crippen LogP) is 0.115. The third-order valence-electron chi connectivity index (χ3n) is 4.16. The first-order valence-corrected chi connectivity index (χ1v) is 8.57. The molecule has 2 saturated heterocycles. The van der Waals surface area contributed by atoms with Gasteiger partial charge >= 0.3 is 0 Å². The fraction of sp³-hybridized carbons (Fsp3) is 1.00. The van der Waals surface area contributed by atoms with Crippen molar-refractivity contribution in [2.45, 2.75) is 31.8 Å². The molecule has 2 heterocycles. The van der Waals surface area contributed by atoms with Crippen LogP contribution < -0.4 is 0 Å². The standard InChI is InChI=1S/C12H24N2O3S/c1-3-12(15)9-13(10-12)7-11-5-4-6-14(8-11)18(2,16)17/h11,15H,3-10H2,1-2H3. The van der Waals surface area contributed by atoms with Crippen molar-refractivity contribution < 1.29 is 13.5 Å². The van der Waals surface area contributed by atoms with Crippen molar-refractivity contribution in [1.82, 2.24) is 9.21 Å². The summed E-state index contributed by atoms with van der Waals surface area (Å²) < 4.78 is 24.6. The molecule has 0 amide bonds. The van der Waals surface area contributed by atoms with Gasteiger partial charge < -0.3 is 5.11 Å². The van der Waals surface area contributed by atoms with Crippen LogP contribution in [0.2, 0.25) is 0 Å². The van der Waals surface area contributed by atoms with Crippen LogP contribution >= 0.6 is 0 Å². The number of sulfonamides is 1. The Bertz CT molecular complexity index is 390. The van der Waals surface area contributed by atoms with E-state index in [9.17, 15) is 13.5 Å². The number of likely N-dealkylation sites (tertiary alicyclic amines) is 1. The Hall–Kier alpha value is -0.170. The molecular weight excluding hydrogens is 252 g/mol. The van der Waals surface area contributed by atoms with Crippen LogP contribution in [0.4, 0.5) is 0 Å². The molecule has 0 aliphatic carbocycles. The van der Waals surface area contributed by atoms with E-state index >= 15 is 0 Å². The van der Waals surface area contributed by atoms with Crippen LogP contribution in [0.25, 0.3) is 0 Å². The maximum Gasteiger partial charge on any atom is 0.211 e. The second-order valence-corrected chi connectivity index (χ2v) is 7.86. The van der Waals surface area contributed by atoms with Gasteiger partial charge in [0.15, 0.2) is 0 Å². The quantitative estimate of drug-likeness (QED) is 0.792. The van der Waals surface area contributed by atoms with Crippen molar-refractivity contribution in [3.05, 3.63) is 0 Å². The highest BCUT2D eigenvalue weighted by atomic mass is 32.2. The van der Waals surface area contributed by atoms with Crippen molar-refractivity contribution in [1.29, 1.82) is 0 Å². The van der Waals surface area contributed by atoms with E-state index in [1.165, 1.54) is 6.26 Å². The van der Waals surface area contributed by atoms with Crippen molar-refractivity contribution in [3.8, 4) is 0 Å². The van der Waals surface area contributed by atoms with Gasteiger partial charge in [0, 0.05) is 32.7 Å². The van der Waals surface area contributed by atoms with Gasteiger partial charge in [0.1, 0.15) is 0 Å². The van der Waals surface area contributed by atoms with Crippen LogP contribution in [0.1, 0.15) is 26.2 Å². The van der Waals surface area contributed by atoms with Gasteiger partial charge in [-0.05, 0) is 25.2 Å². The lowest BCUT2D eigenvalue weighted by atomic mass is 9.89. The maximum absolute atomic E-state index is 11.5. The minimum atomic E-state index is -3.05. The molecule has 1 unspecified atom stereocenters. The van der Waals surface area contributed by atoms with E-state index < -0.39 is 15.6 Å². The van der Waals surface area contributed by atoms with E-state index in [1.807, 2.05) is 6.92 Å². The van der Waals surface area contributed by atoms with Crippen LogP contribution in [0.3, 0.4) is 0 Å². The number of aliphatic hydroxyl groups is 1. The van der Waals surface area contributed by atoms with Gasteiger partial charge in [-0.2, -0.15) is 0 Å². The van der Waals surface area contributed by atoms with E-state index in [1.54, 1.807) is 4.31 Å². The van der Waals surface area contributed by atoms with Gasteiger partial charge in [0.25, 0.3) is 0 Å². The smallest absolute Gasteiger partial charge is 0.211 e. The molecule has 6 heteroatoms. The first-order chi connectivity index (χ1) is 8.32. The van der Waals surface area contributed by atoms with Gasteiger partial charge in [-0.1, -0.05) is 6.92 Å². The van der Waals surface area contributed by atoms with Crippen molar-refractivity contribution >= 4 is 10.0 Å². The summed E-state index contributed by atoms with van der Waals surface area (Å²) in [6.07, 6.45) is 4.12. The SMILES string of the molecule is CCC1(O)CN(CC2CCCN(S(C)(=O)=O)C2)C1. The molecule has 0 bridgehead atoms. The Morgan fingerprint density at radius 1 is 1.39 bits per heavy atom. The first-order valence-electron chi connectivity index (χ1n) is 6.72. The second-order valence-electron chi connectivity index (χ2n) is 5.88. The Balaban J connectivity index is 1.81. The average Bonchev–Trinajstić information content (AvgIpc) is 2.26. The zero-order valence-electron chi connectivity index (χ0n) is 11.3. The predicted molar refractivity (Wildman–Crippen MR) is 70.8 cm³/mol. The van der Waals surface area contributed by atoms with Crippen LogP contribution in [0.5, 0.6) is 0 Å². The van der Waals surface area contributed by atoms with E-state index in [-0.39, 0.29) is 0 Å². The van der Waals surface area contributed by atoms with Crippen LogP contribution in [0, 0.1) is 5.92 Å². The van der Waals surface area contributed by atoms with Gasteiger partial charge in [0.2, 0.25) is 10.0 Å². The van der Waals surface area contributed by atoms with Crippen molar-refractivity contribution in [3.63, 3.8) is 0 Å². The number of hydrogen-bond acceptors (Lipinski definition) is 4. The topological polar surface area (TPSA) is 60.9 Å². The molecule has 18 heavy (non-hydrogen) atoms. The summed E-state index contributed by atoms with van der Waals surface area (Å²) in [7, 11) is -3.05. The molecule has 0 aromatic carbocycles. The minimum absolute atomic E-state index is 0.412. The molecule has 2 aliphatic rings. The van der Waals surface area contributed by atoms with Gasteiger partial charge in [0.05, 0.1) is 11.9 Å². The van der Waals surface area contributed by atoms with Crippen molar-refractivity contribution in [2.24, 2.45) is 5.92 Å². The number of β-amino-alcohol motifs (C(OH)–C–C–N with tert-alkyl or cyclic N) is 1. The molecule has 106 valence electrons. The minimum Gasteiger partial charge on any atom is -0.387 e. The van der Waals surface area contributed by atoms with E-state index in [2.05, 4.69) is 4.90 Å². The summed E-state index contributed by atoms with van der Waals surface area (Å²) in [5, 5.41) is 9.95. The molecule has 0 radical (unpaired) electrons. The maximum atomic E-state index is 11.5. The summed E-state index contributed by atoms with van der Waals surface area (Å²) >= 11 is 0. The highest BCUT2D eigenvalue weighted by Gasteiger charge is 2.40. The van der Waals surface area contributed by atoms with E-state index in [4.69, 9.17) is 0 Å². The van der Waals surface area contributed by atoms with E-state index in [0.717, 1.165) is 38.9 Å². The summed E-state index contributed by atoms with van der Waals surface area (Å²) in [5.41, 5.74) is -0.495. The third-order valence-corrected chi connectivity index (χ3v) is 5.43. The highest BCUT2D eigenvalue weighted by molar-refractivity contribution is 7.88. The van der Waals surface area contributed by atoms with Crippen LogP contribution in [-0.4, -0.2) is 67.3 Å². The number of piperidine rings is 1. The third kappa shape index (κ3) is 3.23. The van der Waals surface area contributed by atoms with E-state index in [0.29, 0.717) is 19.0 Å². The fourth-order valence-corrected chi connectivity index (χ4v) is 3.92. The summed E-state index contributed by atoms with van der Waals surface area (Å²) in [6, 6.07) is 0. The molecule has 0 aromatic rings. The molecule has 2 fully saturated rings. The zero-order valence-corrected chi connectivity index (χ0v) is 12.1. The molecule has 0 saturated carbocycles. The second kappa shape index (κ2) is 5.07. The molecular formula is C12H24N2O3S. The molecule has 1 atom stereocenters. The summed E-state index contributed by atoms with van der Waals surface area (Å²) in [4.78, 5) is 2.24. The Kier molecular flexibility index (Phi) is 4.02. The van der Waals surface area contributed by atoms with Gasteiger partial charge in [-0.15, -0.1) is 0 Å². The Labute approximate surface area is 110 Å². The van der Waals surface area contributed by atoms with Gasteiger partial charge in [-0.25, -0.2) is 12.7 Å². The average molecular weight is 276 g/mol. The molecule has 1 N–H and O–H groups in total.